The maximum absolute atomic E-state index is 12.9. The minimum atomic E-state index is -0.465. The van der Waals surface area contributed by atoms with Crippen LogP contribution in [0.15, 0.2) is 41.1 Å². The highest BCUT2D eigenvalue weighted by molar-refractivity contribution is 9.10. The SMILES string of the molecule is COC(=O)[C@@H](CC(=O)Cc1ccc(Br)cc1Nc1ncnc2cc(OC)c(O)cc12)CC(C)C. The lowest BCUT2D eigenvalue weighted by atomic mass is 9.90. The zero-order valence-electron chi connectivity index (χ0n) is 19.6. The number of fused-ring (bicyclic) bond motifs is 1. The van der Waals surface area contributed by atoms with Gasteiger partial charge in [0.05, 0.1) is 25.7 Å². The van der Waals surface area contributed by atoms with E-state index in [0.29, 0.717) is 34.6 Å². The van der Waals surface area contributed by atoms with E-state index >= 15 is 0 Å². The molecule has 0 spiro atoms. The van der Waals surface area contributed by atoms with Gasteiger partial charge in [-0.25, -0.2) is 9.97 Å². The minimum absolute atomic E-state index is 0.0310. The van der Waals surface area contributed by atoms with E-state index in [9.17, 15) is 14.7 Å². The monoisotopic (exact) mass is 529 g/mol. The van der Waals surface area contributed by atoms with Gasteiger partial charge in [-0.1, -0.05) is 35.8 Å². The van der Waals surface area contributed by atoms with Crippen LogP contribution in [0, 0.1) is 11.8 Å². The molecule has 1 atom stereocenters. The zero-order valence-corrected chi connectivity index (χ0v) is 21.2. The third kappa shape index (κ3) is 6.22. The molecular weight excluding hydrogens is 502 g/mol. The molecule has 0 unspecified atom stereocenters. The molecule has 0 radical (unpaired) electrons. The van der Waals surface area contributed by atoms with Gasteiger partial charge in [0, 0.05) is 34.5 Å². The molecule has 3 aromatic rings. The maximum Gasteiger partial charge on any atom is 0.309 e. The molecule has 0 aliphatic carbocycles. The first-order valence-electron chi connectivity index (χ1n) is 10.9. The van der Waals surface area contributed by atoms with Gasteiger partial charge in [-0.2, -0.15) is 0 Å². The first-order valence-corrected chi connectivity index (χ1v) is 11.7. The van der Waals surface area contributed by atoms with Gasteiger partial charge in [0.25, 0.3) is 0 Å². The third-order valence-electron chi connectivity index (χ3n) is 5.41. The number of ketones is 1. The summed E-state index contributed by atoms with van der Waals surface area (Å²) >= 11 is 3.48. The van der Waals surface area contributed by atoms with E-state index in [1.54, 1.807) is 6.07 Å². The third-order valence-corrected chi connectivity index (χ3v) is 5.91. The van der Waals surface area contributed by atoms with E-state index in [4.69, 9.17) is 9.47 Å². The van der Waals surface area contributed by atoms with Crippen molar-refractivity contribution in [2.45, 2.75) is 33.1 Å². The van der Waals surface area contributed by atoms with Crippen LogP contribution in [0.2, 0.25) is 0 Å². The zero-order chi connectivity index (χ0) is 24.8. The van der Waals surface area contributed by atoms with Crippen LogP contribution in [-0.4, -0.2) is 41.0 Å². The Labute approximate surface area is 206 Å². The van der Waals surface area contributed by atoms with Gasteiger partial charge >= 0.3 is 5.97 Å². The molecule has 9 heteroatoms. The molecule has 0 saturated heterocycles. The fraction of sp³-hybridized carbons (Fsp3) is 0.360. The van der Waals surface area contributed by atoms with Gasteiger partial charge in [0.1, 0.15) is 17.9 Å². The number of hydrogen-bond acceptors (Lipinski definition) is 8. The molecule has 1 heterocycles. The summed E-state index contributed by atoms with van der Waals surface area (Å²) in [6.45, 7) is 4.02. The molecule has 8 nitrogen and oxygen atoms in total. The van der Waals surface area contributed by atoms with E-state index in [-0.39, 0.29) is 36.3 Å². The van der Waals surface area contributed by atoms with Crippen molar-refractivity contribution in [3.63, 3.8) is 0 Å². The number of ether oxygens (including phenoxy) is 2. The number of carbonyl (C=O) groups is 2. The number of anilines is 2. The maximum atomic E-state index is 12.9. The number of nitrogens with one attached hydrogen (secondary N) is 1. The second-order valence-corrected chi connectivity index (χ2v) is 9.37. The van der Waals surface area contributed by atoms with Gasteiger partial charge in [-0.3, -0.25) is 9.59 Å². The standard InChI is InChI=1S/C25H28BrN3O5/c1-14(2)7-16(25(32)34-4)9-18(30)8-15-5-6-17(26)10-20(15)29-24-19-11-22(31)23(33-3)12-21(19)27-13-28-24/h5-6,10-14,16,31H,7-9H2,1-4H3,(H,27,28,29)/t16-/m1/s1. The summed E-state index contributed by atoms with van der Waals surface area (Å²) in [7, 11) is 2.81. The Morgan fingerprint density at radius 3 is 2.59 bits per heavy atom. The van der Waals surface area contributed by atoms with Crippen LogP contribution in [0.1, 0.15) is 32.3 Å². The van der Waals surface area contributed by atoms with Crippen molar-refractivity contribution in [3.05, 3.63) is 46.7 Å². The number of methoxy groups -OCH3 is 2. The molecule has 0 saturated carbocycles. The first kappa shape index (κ1) is 25.4. The Morgan fingerprint density at radius 2 is 1.91 bits per heavy atom. The van der Waals surface area contributed by atoms with Gasteiger partial charge < -0.3 is 19.9 Å². The van der Waals surface area contributed by atoms with Crippen LogP contribution in [0.25, 0.3) is 10.9 Å². The second-order valence-electron chi connectivity index (χ2n) is 8.46. The summed E-state index contributed by atoms with van der Waals surface area (Å²) < 4.78 is 10.9. The Kier molecular flexibility index (Phi) is 8.44. The number of esters is 1. The topological polar surface area (TPSA) is 111 Å². The van der Waals surface area contributed by atoms with Crippen LogP contribution < -0.4 is 10.1 Å². The van der Waals surface area contributed by atoms with Crippen LogP contribution in [0.3, 0.4) is 0 Å². The molecule has 0 aliphatic heterocycles. The minimum Gasteiger partial charge on any atom is -0.504 e. The van der Waals surface area contributed by atoms with Crippen LogP contribution in [-0.2, 0) is 20.7 Å². The molecule has 1 aromatic heterocycles. The number of benzene rings is 2. The molecule has 2 aromatic carbocycles. The number of hydrogen-bond donors (Lipinski definition) is 2. The molecule has 0 bridgehead atoms. The molecular formula is C25H28BrN3O5. The molecule has 34 heavy (non-hydrogen) atoms. The van der Waals surface area contributed by atoms with Gasteiger partial charge in [-0.15, -0.1) is 0 Å². The summed E-state index contributed by atoms with van der Waals surface area (Å²) in [6, 6.07) is 8.72. The van der Waals surface area contributed by atoms with Crippen molar-refractivity contribution >= 4 is 50.1 Å². The van der Waals surface area contributed by atoms with Crippen molar-refractivity contribution in [2.24, 2.45) is 11.8 Å². The van der Waals surface area contributed by atoms with Crippen LogP contribution in [0.4, 0.5) is 11.5 Å². The Hall–Kier alpha value is -3.20. The fourth-order valence-electron chi connectivity index (χ4n) is 3.84. The number of aromatic nitrogens is 2. The number of phenols is 1. The summed E-state index contributed by atoms with van der Waals surface area (Å²) in [5, 5.41) is 14.1. The van der Waals surface area contributed by atoms with E-state index in [1.807, 2.05) is 32.0 Å². The Bertz CT molecular complexity index is 1200. The van der Waals surface area contributed by atoms with Gasteiger partial charge in [-0.05, 0) is 36.1 Å². The average Bonchev–Trinajstić information content (AvgIpc) is 2.79. The molecule has 0 fully saturated rings. The van der Waals surface area contributed by atoms with Crippen molar-refractivity contribution in [1.82, 2.24) is 9.97 Å². The molecule has 180 valence electrons. The van der Waals surface area contributed by atoms with Gasteiger partial charge in [0.15, 0.2) is 11.5 Å². The highest BCUT2D eigenvalue weighted by Gasteiger charge is 2.24. The van der Waals surface area contributed by atoms with E-state index in [0.717, 1.165) is 10.0 Å². The summed E-state index contributed by atoms with van der Waals surface area (Å²) in [5.74, 6) is 0.136. The van der Waals surface area contributed by atoms with Gasteiger partial charge in [0.2, 0.25) is 0 Å². The number of nitrogens with zero attached hydrogens (tertiary/aromatic N) is 2. The highest BCUT2D eigenvalue weighted by atomic mass is 79.9. The predicted octanol–water partition coefficient (Wildman–Crippen LogP) is 5.19. The lowest BCUT2D eigenvalue weighted by molar-refractivity contribution is -0.147. The molecule has 3 rings (SSSR count). The van der Waals surface area contributed by atoms with Crippen LogP contribution >= 0.6 is 15.9 Å². The lowest BCUT2D eigenvalue weighted by Gasteiger charge is -2.17. The van der Waals surface area contributed by atoms with E-state index < -0.39 is 5.92 Å². The quantitative estimate of drug-likeness (QED) is 0.345. The summed E-state index contributed by atoms with van der Waals surface area (Å²) in [6.07, 6.45) is 2.26. The lowest BCUT2D eigenvalue weighted by Crippen LogP contribution is -2.22. The van der Waals surface area contributed by atoms with Crippen molar-refractivity contribution in [1.29, 1.82) is 0 Å². The van der Waals surface area contributed by atoms with E-state index in [2.05, 4.69) is 31.2 Å². The number of carbonyl (C=O) groups excluding carboxylic acids is 2. The number of halogens is 1. The number of Topliss-reactive ketones (excluding diaryl/α,β-unsaturated/α-hetero) is 1. The van der Waals surface area contributed by atoms with Crippen molar-refractivity contribution in [2.75, 3.05) is 19.5 Å². The first-order chi connectivity index (χ1) is 16.2. The normalized spacial score (nSPS) is 11.9. The van der Waals surface area contributed by atoms with Crippen LogP contribution in [0.5, 0.6) is 11.5 Å². The fourth-order valence-corrected chi connectivity index (χ4v) is 4.20. The molecule has 0 aliphatic rings. The number of aromatic hydroxyl groups is 1. The Morgan fingerprint density at radius 1 is 1.15 bits per heavy atom. The van der Waals surface area contributed by atoms with E-state index in [1.165, 1.54) is 26.6 Å². The molecule has 0 amide bonds. The van der Waals surface area contributed by atoms with Crippen molar-refractivity contribution < 1.29 is 24.2 Å². The number of rotatable bonds is 10. The summed E-state index contributed by atoms with van der Waals surface area (Å²) in [5.41, 5.74) is 2.02. The predicted molar refractivity (Wildman–Crippen MR) is 133 cm³/mol. The highest BCUT2D eigenvalue weighted by Crippen LogP contribution is 2.34. The summed E-state index contributed by atoms with van der Waals surface area (Å²) in [4.78, 5) is 33.7. The number of phenolic OH excluding ortho intramolecular Hbond substituents is 1. The smallest absolute Gasteiger partial charge is 0.309 e. The average molecular weight is 530 g/mol. The largest absolute Gasteiger partial charge is 0.504 e. The Balaban J connectivity index is 1.88. The molecule has 2 N–H and O–H groups in total. The van der Waals surface area contributed by atoms with Crippen molar-refractivity contribution in [3.8, 4) is 11.5 Å². The second kappa shape index (κ2) is 11.3.